The SMILES string of the molecule is O=C(NC(CO)(CO)CO)c1cc(-c2ccco2)on1. The molecular weight excluding hydrogens is 268 g/mol. The van der Waals surface area contributed by atoms with Gasteiger partial charge in [-0.05, 0) is 12.1 Å². The van der Waals surface area contributed by atoms with Gasteiger partial charge >= 0.3 is 0 Å². The summed E-state index contributed by atoms with van der Waals surface area (Å²) in [5.74, 6) is -0.0132. The van der Waals surface area contributed by atoms with E-state index in [0.29, 0.717) is 5.76 Å². The third kappa shape index (κ3) is 2.72. The molecule has 4 N–H and O–H groups in total. The van der Waals surface area contributed by atoms with Gasteiger partial charge in [-0.25, -0.2) is 0 Å². The number of nitrogens with zero attached hydrogens (tertiary/aromatic N) is 1. The highest BCUT2D eigenvalue weighted by atomic mass is 16.5. The van der Waals surface area contributed by atoms with Gasteiger partial charge in [0.2, 0.25) is 5.76 Å². The Morgan fingerprint density at radius 2 is 1.95 bits per heavy atom. The predicted molar refractivity (Wildman–Crippen MR) is 65.7 cm³/mol. The fourth-order valence-electron chi connectivity index (χ4n) is 1.49. The highest BCUT2D eigenvalue weighted by Gasteiger charge is 2.31. The van der Waals surface area contributed by atoms with Gasteiger partial charge in [0.1, 0.15) is 5.54 Å². The molecule has 2 heterocycles. The maximum atomic E-state index is 11.9. The van der Waals surface area contributed by atoms with Crippen molar-refractivity contribution < 1.29 is 29.1 Å². The Hall–Kier alpha value is -2.16. The van der Waals surface area contributed by atoms with Crippen LogP contribution in [0.2, 0.25) is 0 Å². The number of aromatic nitrogens is 1. The van der Waals surface area contributed by atoms with Crippen LogP contribution < -0.4 is 5.32 Å². The highest BCUT2D eigenvalue weighted by molar-refractivity contribution is 5.93. The fraction of sp³-hybridized carbons (Fsp3) is 0.333. The van der Waals surface area contributed by atoms with E-state index >= 15 is 0 Å². The van der Waals surface area contributed by atoms with E-state index in [1.54, 1.807) is 12.1 Å². The number of hydrogen-bond acceptors (Lipinski definition) is 7. The van der Waals surface area contributed by atoms with Crippen molar-refractivity contribution >= 4 is 5.91 Å². The lowest BCUT2D eigenvalue weighted by molar-refractivity contribution is 0.0371. The first kappa shape index (κ1) is 14.3. The molecule has 1 amide bonds. The molecule has 2 aromatic heterocycles. The largest absolute Gasteiger partial charge is 0.461 e. The number of carbonyl (C=O) groups excluding carboxylic acids is 1. The van der Waals surface area contributed by atoms with Gasteiger partial charge in [0.25, 0.3) is 5.91 Å². The lowest BCUT2D eigenvalue weighted by Crippen LogP contribution is -2.57. The molecule has 2 aromatic rings. The van der Waals surface area contributed by atoms with Gasteiger partial charge in [-0.1, -0.05) is 5.16 Å². The van der Waals surface area contributed by atoms with E-state index in [0.717, 1.165) is 0 Å². The number of nitrogens with one attached hydrogen (secondary N) is 1. The van der Waals surface area contributed by atoms with Crippen LogP contribution in [0.1, 0.15) is 10.5 Å². The normalized spacial score (nSPS) is 11.6. The second-order valence-electron chi connectivity index (χ2n) is 4.26. The van der Waals surface area contributed by atoms with Gasteiger partial charge in [-0.2, -0.15) is 0 Å². The minimum atomic E-state index is -1.51. The summed E-state index contributed by atoms with van der Waals surface area (Å²) in [7, 11) is 0. The van der Waals surface area contributed by atoms with E-state index in [-0.39, 0.29) is 11.5 Å². The molecule has 0 aliphatic carbocycles. The number of aliphatic hydroxyl groups is 3. The van der Waals surface area contributed by atoms with Crippen molar-refractivity contribution in [3.8, 4) is 11.5 Å². The maximum absolute atomic E-state index is 11.9. The Morgan fingerprint density at radius 1 is 1.25 bits per heavy atom. The molecule has 0 aliphatic rings. The van der Waals surface area contributed by atoms with Crippen LogP contribution in [0.3, 0.4) is 0 Å². The summed E-state index contributed by atoms with van der Waals surface area (Å²) >= 11 is 0. The van der Waals surface area contributed by atoms with Crippen LogP contribution in [-0.4, -0.2) is 51.7 Å². The maximum Gasteiger partial charge on any atom is 0.274 e. The van der Waals surface area contributed by atoms with Crippen LogP contribution in [-0.2, 0) is 0 Å². The Labute approximate surface area is 113 Å². The Bertz CT molecular complexity index is 550. The number of amides is 1. The van der Waals surface area contributed by atoms with Crippen LogP contribution >= 0.6 is 0 Å². The van der Waals surface area contributed by atoms with Crippen molar-refractivity contribution in [2.24, 2.45) is 0 Å². The molecule has 8 nitrogen and oxygen atoms in total. The quantitative estimate of drug-likeness (QED) is 0.555. The van der Waals surface area contributed by atoms with Crippen molar-refractivity contribution in [3.63, 3.8) is 0 Å². The second-order valence-corrected chi connectivity index (χ2v) is 4.26. The molecule has 0 fully saturated rings. The van der Waals surface area contributed by atoms with Gasteiger partial charge in [-0.15, -0.1) is 0 Å². The minimum absolute atomic E-state index is 0.0591. The monoisotopic (exact) mass is 282 g/mol. The van der Waals surface area contributed by atoms with Crippen LogP contribution in [0.25, 0.3) is 11.5 Å². The summed E-state index contributed by atoms with van der Waals surface area (Å²) < 4.78 is 10.0. The Balaban J connectivity index is 2.14. The molecule has 2 rings (SSSR count). The first-order valence-electron chi connectivity index (χ1n) is 5.80. The number of aliphatic hydroxyl groups excluding tert-OH is 3. The number of hydrogen-bond donors (Lipinski definition) is 4. The first-order valence-corrected chi connectivity index (χ1v) is 5.80. The summed E-state index contributed by atoms with van der Waals surface area (Å²) in [6.07, 6.45) is 1.45. The number of rotatable bonds is 6. The van der Waals surface area contributed by atoms with E-state index in [1.807, 2.05) is 0 Å². The Kier molecular flexibility index (Phi) is 4.18. The minimum Gasteiger partial charge on any atom is -0.461 e. The molecule has 0 atom stereocenters. The third-order valence-electron chi connectivity index (χ3n) is 2.79. The second kappa shape index (κ2) is 5.87. The molecular formula is C12H14N2O6. The van der Waals surface area contributed by atoms with Crippen molar-refractivity contribution in [3.05, 3.63) is 30.2 Å². The molecule has 0 saturated carbocycles. The number of carbonyl (C=O) groups is 1. The van der Waals surface area contributed by atoms with E-state index in [9.17, 15) is 4.79 Å². The van der Waals surface area contributed by atoms with Gasteiger partial charge in [0, 0.05) is 6.07 Å². The van der Waals surface area contributed by atoms with Crippen molar-refractivity contribution in [2.45, 2.75) is 5.54 Å². The fourth-order valence-corrected chi connectivity index (χ4v) is 1.49. The zero-order valence-electron chi connectivity index (χ0n) is 10.4. The molecule has 108 valence electrons. The summed E-state index contributed by atoms with van der Waals surface area (Å²) in [5, 5.41) is 33.3. The smallest absolute Gasteiger partial charge is 0.274 e. The molecule has 8 heteroatoms. The average Bonchev–Trinajstić information content (AvgIpc) is 3.14. The first-order chi connectivity index (χ1) is 9.64. The molecule has 0 radical (unpaired) electrons. The summed E-state index contributed by atoms with van der Waals surface area (Å²) in [6, 6.07) is 4.65. The topological polar surface area (TPSA) is 129 Å². The summed E-state index contributed by atoms with van der Waals surface area (Å²) in [6.45, 7) is -1.85. The molecule has 0 aromatic carbocycles. The predicted octanol–water partition coefficient (Wildman–Crippen LogP) is -0.620. The lowest BCUT2D eigenvalue weighted by Gasteiger charge is -2.27. The van der Waals surface area contributed by atoms with E-state index in [2.05, 4.69) is 10.5 Å². The summed E-state index contributed by atoms with van der Waals surface area (Å²) in [5.41, 5.74) is -1.57. The lowest BCUT2D eigenvalue weighted by atomic mass is 10.0. The molecule has 0 spiro atoms. The summed E-state index contributed by atoms with van der Waals surface area (Å²) in [4.78, 5) is 11.9. The Morgan fingerprint density at radius 3 is 2.50 bits per heavy atom. The van der Waals surface area contributed by atoms with Crippen LogP contribution in [0, 0.1) is 0 Å². The highest BCUT2D eigenvalue weighted by Crippen LogP contribution is 2.20. The van der Waals surface area contributed by atoms with Crippen LogP contribution in [0.4, 0.5) is 0 Å². The van der Waals surface area contributed by atoms with Crippen LogP contribution in [0.5, 0.6) is 0 Å². The zero-order chi connectivity index (χ0) is 14.6. The van der Waals surface area contributed by atoms with Crippen molar-refractivity contribution in [2.75, 3.05) is 19.8 Å². The van der Waals surface area contributed by atoms with Gasteiger partial charge < -0.3 is 29.6 Å². The molecule has 0 unspecified atom stereocenters. The molecule has 20 heavy (non-hydrogen) atoms. The van der Waals surface area contributed by atoms with E-state index in [4.69, 9.17) is 24.3 Å². The number of furan rings is 1. The van der Waals surface area contributed by atoms with E-state index in [1.165, 1.54) is 12.3 Å². The van der Waals surface area contributed by atoms with Crippen molar-refractivity contribution in [1.29, 1.82) is 0 Å². The van der Waals surface area contributed by atoms with E-state index < -0.39 is 31.3 Å². The molecule has 0 bridgehead atoms. The van der Waals surface area contributed by atoms with Gasteiger partial charge in [-0.3, -0.25) is 4.79 Å². The molecule has 0 aliphatic heterocycles. The molecule has 0 saturated heterocycles. The van der Waals surface area contributed by atoms with Crippen molar-refractivity contribution in [1.82, 2.24) is 10.5 Å². The van der Waals surface area contributed by atoms with Gasteiger partial charge in [0.05, 0.1) is 26.1 Å². The average molecular weight is 282 g/mol. The van der Waals surface area contributed by atoms with Gasteiger partial charge in [0.15, 0.2) is 11.5 Å². The van der Waals surface area contributed by atoms with Crippen LogP contribution in [0.15, 0.2) is 33.4 Å². The third-order valence-corrected chi connectivity index (χ3v) is 2.79. The standard InChI is InChI=1S/C12H14N2O6/c15-5-12(6-16,7-17)13-11(18)8-4-10(20-14-8)9-2-1-3-19-9/h1-4,15-17H,5-7H2,(H,13,18). The zero-order valence-corrected chi connectivity index (χ0v) is 10.4.